The molecule has 0 aliphatic carbocycles. The fourth-order valence-electron chi connectivity index (χ4n) is 1.50. The van der Waals surface area contributed by atoms with Gasteiger partial charge in [-0.2, -0.15) is 4.37 Å². The normalized spacial score (nSPS) is 12.0. The molecule has 0 bridgehead atoms. The van der Waals surface area contributed by atoms with E-state index in [0.717, 1.165) is 15.9 Å². The molecule has 2 rings (SSSR count). The number of aliphatic hydroxyl groups excluding tert-OH is 1. The number of anilines is 1. The number of nitrogens with zero attached hydrogens (tertiary/aromatic N) is 2. The van der Waals surface area contributed by atoms with Gasteiger partial charge in [-0.1, -0.05) is 12.1 Å². The monoisotopic (exact) mass is 236 g/mol. The van der Waals surface area contributed by atoms with Crippen LogP contribution in [0.5, 0.6) is 0 Å². The standard InChI is InChI=1S/C12H16N2OS/c1-12(2,8-15)14(3)11-9-6-4-5-7-10(9)13-16-11/h4-7,15H,8H2,1-3H3. The van der Waals surface area contributed by atoms with E-state index in [1.54, 1.807) is 0 Å². The van der Waals surface area contributed by atoms with Crippen LogP contribution in [0.1, 0.15) is 13.8 Å². The van der Waals surface area contributed by atoms with Gasteiger partial charge in [0, 0.05) is 12.4 Å². The molecule has 86 valence electrons. The first-order valence-corrected chi connectivity index (χ1v) is 6.03. The smallest absolute Gasteiger partial charge is 0.120 e. The molecule has 0 unspecified atom stereocenters. The zero-order chi connectivity index (χ0) is 11.8. The highest BCUT2D eigenvalue weighted by Crippen LogP contribution is 2.33. The topological polar surface area (TPSA) is 36.4 Å². The number of hydrogen-bond acceptors (Lipinski definition) is 4. The second kappa shape index (κ2) is 4.03. The van der Waals surface area contributed by atoms with Gasteiger partial charge >= 0.3 is 0 Å². The number of fused-ring (bicyclic) bond motifs is 1. The largest absolute Gasteiger partial charge is 0.394 e. The lowest BCUT2D eigenvalue weighted by atomic mass is 10.1. The predicted molar refractivity (Wildman–Crippen MR) is 69.2 cm³/mol. The highest BCUT2D eigenvalue weighted by Gasteiger charge is 2.25. The van der Waals surface area contributed by atoms with Crippen LogP contribution in [0.15, 0.2) is 24.3 Å². The quantitative estimate of drug-likeness (QED) is 0.889. The molecule has 0 radical (unpaired) electrons. The molecule has 0 aliphatic rings. The lowest BCUT2D eigenvalue weighted by molar-refractivity contribution is 0.217. The first kappa shape index (κ1) is 11.4. The van der Waals surface area contributed by atoms with Crippen LogP contribution in [-0.4, -0.2) is 28.7 Å². The summed E-state index contributed by atoms with van der Waals surface area (Å²) in [7, 11) is 2.00. The van der Waals surface area contributed by atoms with Crippen molar-refractivity contribution in [1.82, 2.24) is 4.37 Å². The SMILES string of the molecule is CN(c1snc2ccccc12)C(C)(C)CO. The molecule has 16 heavy (non-hydrogen) atoms. The van der Waals surface area contributed by atoms with Gasteiger partial charge in [-0.15, -0.1) is 0 Å². The minimum atomic E-state index is -0.269. The van der Waals surface area contributed by atoms with E-state index in [1.165, 1.54) is 11.5 Å². The summed E-state index contributed by atoms with van der Waals surface area (Å²) in [5, 5.41) is 11.6. The number of aromatic nitrogens is 1. The summed E-state index contributed by atoms with van der Waals surface area (Å²) in [6, 6.07) is 8.08. The maximum Gasteiger partial charge on any atom is 0.120 e. The fourth-order valence-corrected chi connectivity index (χ4v) is 2.48. The molecule has 0 amide bonds. The Kier molecular flexibility index (Phi) is 2.86. The molecular formula is C12H16N2OS. The molecular weight excluding hydrogens is 220 g/mol. The van der Waals surface area contributed by atoms with Crippen molar-refractivity contribution in [2.75, 3.05) is 18.6 Å². The van der Waals surface area contributed by atoms with Crippen LogP contribution in [0.4, 0.5) is 5.00 Å². The third-order valence-electron chi connectivity index (χ3n) is 2.96. The molecule has 1 heterocycles. The molecule has 1 N–H and O–H groups in total. The number of rotatable bonds is 3. The van der Waals surface area contributed by atoms with Crippen LogP contribution in [-0.2, 0) is 0 Å². The molecule has 1 aromatic carbocycles. The van der Waals surface area contributed by atoms with Crippen molar-refractivity contribution >= 4 is 27.4 Å². The van der Waals surface area contributed by atoms with Crippen molar-refractivity contribution in [1.29, 1.82) is 0 Å². The molecule has 0 atom stereocenters. The Labute approximate surface area is 99.5 Å². The molecule has 0 aliphatic heterocycles. The van der Waals surface area contributed by atoms with Gasteiger partial charge in [0.15, 0.2) is 0 Å². The minimum absolute atomic E-state index is 0.121. The summed E-state index contributed by atoms with van der Waals surface area (Å²) in [6.45, 7) is 4.15. The maximum absolute atomic E-state index is 9.38. The Hall–Kier alpha value is -1.13. The lowest BCUT2D eigenvalue weighted by Gasteiger charge is -2.34. The van der Waals surface area contributed by atoms with Gasteiger partial charge in [-0.25, -0.2) is 0 Å². The zero-order valence-electron chi connectivity index (χ0n) is 9.77. The Bertz CT molecular complexity index is 492. The first-order chi connectivity index (χ1) is 7.56. The van der Waals surface area contributed by atoms with Crippen LogP contribution < -0.4 is 4.90 Å². The van der Waals surface area contributed by atoms with E-state index >= 15 is 0 Å². The van der Waals surface area contributed by atoms with Crippen molar-refractivity contribution in [3.63, 3.8) is 0 Å². The Morgan fingerprint density at radius 2 is 2.06 bits per heavy atom. The van der Waals surface area contributed by atoms with Crippen molar-refractivity contribution in [3.05, 3.63) is 24.3 Å². The van der Waals surface area contributed by atoms with E-state index in [1.807, 2.05) is 39.1 Å². The van der Waals surface area contributed by atoms with Gasteiger partial charge in [0.25, 0.3) is 0 Å². The third kappa shape index (κ3) is 1.79. The number of likely N-dealkylation sites (N-methyl/N-ethyl adjacent to an activating group) is 1. The molecule has 4 heteroatoms. The van der Waals surface area contributed by atoms with E-state index in [0.29, 0.717) is 0 Å². The second-order valence-corrected chi connectivity index (χ2v) is 5.29. The van der Waals surface area contributed by atoms with Crippen LogP contribution in [0.25, 0.3) is 10.9 Å². The second-order valence-electron chi connectivity index (χ2n) is 4.53. The fraction of sp³-hybridized carbons (Fsp3) is 0.417. The Morgan fingerprint density at radius 3 is 2.75 bits per heavy atom. The van der Waals surface area contributed by atoms with Gasteiger partial charge in [0.1, 0.15) is 5.00 Å². The zero-order valence-corrected chi connectivity index (χ0v) is 10.6. The van der Waals surface area contributed by atoms with Gasteiger partial charge in [0.05, 0.1) is 17.7 Å². The van der Waals surface area contributed by atoms with Crippen LogP contribution in [0.3, 0.4) is 0 Å². The average Bonchev–Trinajstić information content (AvgIpc) is 2.71. The Morgan fingerprint density at radius 1 is 1.38 bits per heavy atom. The van der Waals surface area contributed by atoms with Gasteiger partial charge in [-0.3, -0.25) is 0 Å². The van der Waals surface area contributed by atoms with E-state index in [9.17, 15) is 5.11 Å². The maximum atomic E-state index is 9.38. The summed E-state index contributed by atoms with van der Waals surface area (Å²) in [4.78, 5) is 2.09. The van der Waals surface area contributed by atoms with Crippen LogP contribution in [0.2, 0.25) is 0 Å². The summed E-state index contributed by atoms with van der Waals surface area (Å²) in [5.74, 6) is 0. The molecule has 0 fully saturated rings. The molecule has 0 saturated carbocycles. The number of benzene rings is 1. The van der Waals surface area contributed by atoms with Crippen molar-refractivity contribution < 1.29 is 5.11 Å². The summed E-state index contributed by atoms with van der Waals surface area (Å²) in [6.07, 6.45) is 0. The van der Waals surface area contributed by atoms with Crippen molar-refractivity contribution in [2.45, 2.75) is 19.4 Å². The van der Waals surface area contributed by atoms with E-state index in [2.05, 4.69) is 15.3 Å². The summed E-state index contributed by atoms with van der Waals surface area (Å²) in [5.41, 5.74) is 0.748. The molecule has 0 saturated heterocycles. The van der Waals surface area contributed by atoms with Crippen LogP contribution in [0, 0.1) is 0 Å². The van der Waals surface area contributed by atoms with Crippen molar-refractivity contribution in [3.8, 4) is 0 Å². The van der Waals surface area contributed by atoms with E-state index in [-0.39, 0.29) is 12.1 Å². The van der Waals surface area contributed by atoms with Gasteiger partial charge in [0.2, 0.25) is 0 Å². The summed E-state index contributed by atoms with van der Waals surface area (Å²) >= 11 is 1.48. The summed E-state index contributed by atoms with van der Waals surface area (Å²) < 4.78 is 4.41. The highest BCUT2D eigenvalue weighted by molar-refractivity contribution is 7.11. The van der Waals surface area contributed by atoms with Gasteiger partial charge in [-0.05, 0) is 37.5 Å². The molecule has 3 nitrogen and oxygen atoms in total. The lowest BCUT2D eigenvalue weighted by Crippen LogP contribution is -2.44. The number of aliphatic hydroxyl groups is 1. The first-order valence-electron chi connectivity index (χ1n) is 5.25. The third-order valence-corrected chi connectivity index (χ3v) is 3.92. The average molecular weight is 236 g/mol. The molecule has 1 aromatic heterocycles. The highest BCUT2D eigenvalue weighted by atomic mass is 32.1. The minimum Gasteiger partial charge on any atom is -0.394 e. The van der Waals surface area contributed by atoms with Crippen molar-refractivity contribution in [2.24, 2.45) is 0 Å². The molecule has 0 spiro atoms. The Balaban J connectivity index is 2.48. The molecule has 2 aromatic rings. The van der Waals surface area contributed by atoms with E-state index in [4.69, 9.17) is 0 Å². The van der Waals surface area contributed by atoms with Crippen LogP contribution >= 0.6 is 11.5 Å². The number of hydrogen-bond donors (Lipinski definition) is 1. The predicted octanol–water partition coefficient (Wildman–Crippen LogP) is 2.50. The van der Waals surface area contributed by atoms with Gasteiger partial charge < -0.3 is 10.0 Å². The van der Waals surface area contributed by atoms with E-state index < -0.39 is 0 Å².